The van der Waals surface area contributed by atoms with Crippen LogP contribution in [0.4, 0.5) is 0 Å². The van der Waals surface area contributed by atoms with Gasteiger partial charge in [0.05, 0.1) is 7.11 Å². The van der Waals surface area contributed by atoms with Gasteiger partial charge in [0.1, 0.15) is 6.61 Å². The molecule has 1 fully saturated rings. The molecule has 146 valence electrons. The van der Waals surface area contributed by atoms with Gasteiger partial charge >= 0.3 is 0 Å². The van der Waals surface area contributed by atoms with Gasteiger partial charge in [0.25, 0.3) is 0 Å². The molecule has 0 atom stereocenters. The average Bonchev–Trinajstić information content (AvgIpc) is 2.77. The number of methoxy groups -OCH3 is 1. The smallest absolute Gasteiger partial charge is 0.246 e. The normalized spacial score (nSPS) is 14.8. The summed E-state index contributed by atoms with van der Waals surface area (Å²) in [7, 11) is 1.60. The Balaban J connectivity index is 1.57. The van der Waals surface area contributed by atoms with E-state index in [-0.39, 0.29) is 5.91 Å². The van der Waals surface area contributed by atoms with Gasteiger partial charge < -0.3 is 14.4 Å². The summed E-state index contributed by atoms with van der Waals surface area (Å²) >= 11 is 0. The zero-order valence-electron chi connectivity index (χ0n) is 16.3. The van der Waals surface area contributed by atoms with E-state index in [2.05, 4.69) is 30.8 Å². The van der Waals surface area contributed by atoms with E-state index < -0.39 is 0 Å². The summed E-state index contributed by atoms with van der Waals surface area (Å²) in [5.41, 5.74) is 2.27. The Morgan fingerprint density at radius 1 is 1.14 bits per heavy atom. The van der Waals surface area contributed by atoms with Crippen molar-refractivity contribution in [1.29, 1.82) is 0 Å². The lowest BCUT2D eigenvalue weighted by molar-refractivity contribution is -0.126. The molecule has 0 saturated carbocycles. The van der Waals surface area contributed by atoms with Crippen molar-refractivity contribution in [3.05, 3.63) is 78.4 Å². The highest BCUT2D eigenvalue weighted by Crippen LogP contribution is 2.29. The Morgan fingerprint density at radius 2 is 1.89 bits per heavy atom. The van der Waals surface area contributed by atoms with E-state index >= 15 is 0 Å². The Bertz CT molecular complexity index is 821. The van der Waals surface area contributed by atoms with Gasteiger partial charge in [0.2, 0.25) is 5.91 Å². The topological polar surface area (TPSA) is 38.8 Å². The zero-order valence-corrected chi connectivity index (χ0v) is 16.3. The van der Waals surface area contributed by atoms with Crippen LogP contribution in [0.5, 0.6) is 11.5 Å². The average molecular weight is 377 g/mol. The summed E-state index contributed by atoms with van der Waals surface area (Å²) in [6, 6.07) is 16.2. The number of amides is 1. The highest BCUT2D eigenvalue weighted by atomic mass is 16.5. The molecular weight excluding hydrogens is 350 g/mol. The summed E-state index contributed by atoms with van der Waals surface area (Å²) in [6.07, 6.45) is 7.17. The predicted molar refractivity (Wildman–Crippen MR) is 113 cm³/mol. The van der Waals surface area contributed by atoms with Crippen LogP contribution in [0.1, 0.15) is 29.9 Å². The number of ether oxygens (including phenoxy) is 2. The first kappa shape index (κ1) is 19.7. The lowest BCUT2D eigenvalue weighted by Gasteiger charge is -2.31. The molecule has 0 aliphatic carbocycles. The Morgan fingerprint density at radius 3 is 2.57 bits per heavy atom. The lowest BCUT2D eigenvalue weighted by Crippen LogP contribution is -2.36. The third kappa shape index (κ3) is 5.03. The largest absolute Gasteiger partial charge is 0.493 e. The lowest BCUT2D eigenvalue weighted by atomic mass is 9.89. The number of carbonyl (C=O) groups is 1. The van der Waals surface area contributed by atoms with Crippen molar-refractivity contribution in [2.75, 3.05) is 26.8 Å². The molecule has 2 aromatic rings. The Hall–Kier alpha value is -3.01. The molecule has 0 spiro atoms. The van der Waals surface area contributed by atoms with E-state index in [9.17, 15) is 4.79 Å². The standard InChI is InChI=1S/C24H27NO3/c1-3-17-28-22-11-9-19(18-23(22)27-2)10-12-24(26)25-15-13-21(14-16-25)20-7-5-4-6-8-20/h3-12,18,21H,1,13-17H2,2H3/b12-10+. The third-order valence-electron chi connectivity index (χ3n) is 5.04. The van der Waals surface area contributed by atoms with E-state index in [1.165, 1.54) is 5.56 Å². The molecule has 0 N–H and O–H groups in total. The van der Waals surface area contributed by atoms with Gasteiger partial charge in [-0.15, -0.1) is 0 Å². The fourth-order valence-corrected chi connectivity index (χ4v) is 3.49. The molecule has 0 unspecified atom stereocenters. The van der Waals surface area contributed by atoms with Crippen molar-refractivity contribution < 1.29 is 14.3 Å². The third-order valence-corrected chi connectivity index (χ3v) is 5.04. The number of carbonyl (C=O) groups excluding carboxylic acids is 1. The molecule has 28 heavy (non-hydrogen) atoms. The van der Waals surface area contributed by atoms with Crippen molar-refractivity contribution in [3.63, 3.8) is 0 Å². The van der Waals surface area contributed by atoms with Crippen LogP contribution in [0.2, 0.25) is 0 Å². The van der Waals surface area contributed by atoms with Crippen LogP contribution >= 0.6 is 0 Å². The van der Waals surface area contributed by atoms with Gasteiger partial charge in [0, 0.05) is 19.2 Å². The van der Waals surface area contributed by atoms with Gasteiger partial charge in [0.15, 0.2) is 11.5 Å². The molecule has 0 bridgehead atoms. The van der Waals surface area contributed by atoms with E-state index in [0.29, 0.717) is 24.0 Å². The number of hydrogen-bond acceptors (Lipinski definition) is 3. The zero-order chi connectivity index (χ0) is 19.8. The molecule has 1 aliphatic rings. The van der Waals surface area contributed by atoms with Gasteiger partial charge in [-0.25, -0.2) is 0 Å². The molecule has 2 aromatic carbocycles. The van der Waals surface area contributed by atoms with Gasteiger partial charge in [-0.1, -0.05) is 49.1 Å². The number of benzene rings is 2. The number of hydrogen-bond donors (Lipinski definition) is 0. The first-order valence-corrected chi connectivity index (χ1v) is 9.65. The fourth-order valence-electron chi connectivity index (χ4n) is 3.49. The van der Waals surface area contributed by atoms with Crippen LogP contribution in [0.3, 0.4) is 0 Å². The number of rotatable bonds is 7. The quantitative estimate of drug-likeness (QED) is 0.519. The van der Waals surface area contributed by atoms with Crippen LogP contribution in [0, 0.1) is 0 Å². The molecule has 0 aromatic heterocycles. The molecule has 0 radical (unpaired) electrons. The number of nitrogens with zero attached hydrogens (tertiary/aromatic N) is 1. The van der Waals surface area contributed by atoms with Crippen LogP contribution in [0.25, 0.3) is 6.08 Å². The van der Waals surface area contributed by atoms with Crippen molar-refractivity contribution in [2.24, 2.45) is 0 Å². The molecular formula is C24H27NO3. The van der Waals surface area contributed by atoms with E-state index in [1.54, 1.807) is 19.3 Å². The Labute approximate surface area is 167 Å². The molecule has 3 rings (SSSR count). The van der Waals surface area contributed by atoms with Gasteiger partial charge in [-0.3, -0.25) is 4.79 Å². The van der Waals surface area contributed by atoms with Crippen LogP contribution < -0.4 is 9.47 Å². The van der Waals surface area contributed by atoms with Gasteiger partial charge in [-0.05, 0) is 48.1 Å². The number of piperidine rings is 1. The highest BCUT2D eigenvalue weighted by molar-refractivity contribution is 5.92. The SMILES string of the molecule is C=CCOc1ccc(/C=C/C(=O)N2CCC(c3ccccc3)CC2)cc1OC. The maximum absolute atomic E-state index is 12.5. The van der Waals surface area contributed by atoms with Crippen LogP contribution in [0.15, 0.2) is 67.3 Å². The van der Waals surface area contributed by atoms with E-state index in [0.717, 1.165) is 31.5 Å². The second kappa shape index (κ2) is 9.79. The molecule has 1 saturated heterocycles. The highest BCUT2D eigenvalue weighted by Gasteiger charge is 2.22. The van der Waals surface area contributed by atoms with Crippen LogP contribution in [-0.2, 0) is 4.79 Å². The minimum absolute atomic E-state index is 0.0532. The second-order valence-corrected chi connectivity index (χ2v) is 6.85. The summed E-state index contributed by atoms with van der Waals surface area (Å²) in [5.74, 6) is 1.90. The minimum atomic E-state index is 0.0532. The summed E-state index contributed by atoms with van der Waals surface area (Å²) in [4.78, 5) is 14.5. The number of likely N-dealkylation sites (tertiary alicyclic amines) is 1. The van der Waals surface area contributed by atoms with Crippen LogP contribution in [-0.4, -0.2) is 37.6 Å². The fraction of sp³-hybridized carbons (Fsp3) is 0.292. The van der Waals surface area contributed by atoms with Crippen molar-refractivity contribution in [1.82, 2.24) is 4.90 Å². The monoisotopic (exact) mass is 377 g/mol. The first-order chi connectivity index (χ1) is 13.7. The van der Waals surface area contributed by atoms with Crippen molar-refractivity contribution >= 4 is 12.0 Å². The minimum Gasteiger partial charge on any atom is -0.493 e. The summed E-state index contributed by atoms with van der Waals surface area (Å²) in [6.45, 7) is 5.65. The molecule has 4 heteroatoms. The van der Waals surface area contributed by atoms with E-state index in [4.69, 9.17) is 9.47 Å². The van der Waals surface area contributed by atoms with Gasteiger partial charge in [-0.2, -0.15) is 0 Å². The van der Waals surface area contributed by atoms with Crippen molar-refractivity contribution in [3.8, 4) is 11.5 Å². The molecule has 1 aliphatic heterocycles. The maximum Gasteiger partial charge on any atom is 0.246 e. The second-order valence-electron chi connectivity index (χ2n) is 6.85. The summed E-state index contributed by atoms with van der Waals surface area (Å²) < 4.78 is 10.9. The maximum atomic E-state index is 12.5. The predicted octanol–water partition coefficient (Wildman–Crippen LogP) is 4.68. The molecule has 4 nitrogen and oxygen atoms in total. The van der Waals surface area contributed by atoms with E-state index in [1.807, 2.05) is 35.2 Å². The molecule has 1 amide bonds. The van der Waals surface area contributed by atoms with Crippen molar-refractivity contribution in [2.45, 2.75) is 18.8 Å². The molecule has 1 heterocycles. The summed E-state index contributed by atoms with van der Waals surface area (Å²) in [5, 5.41) is 0. The Kier molecular flexibility index (Phi) is 6.90. The first-order valence-electron chi connectivity index (χ1n) is 9.65.